The summed E-state index contributed by atoms with van der Waals surface area (Å²) in [5.74, 6) is 0.422. The maximum absolute atomic E-state index is 11.8. The van der Waals surface area contributed by atoms with Gasteiger partial charge in [0, 0.05) is 24.5 Å². The lowest BCUT2D eigenvalue weighted by Crippen LogP contribution is -2.41. The van der Waals surface area contributed by atoms with Crippen molar-refractivity contribution >= 4 is 26.1 Å². The van der Waals surface area contributed by atoms with Crippen LogP contribution < -0.4 is 4.72 Å². The molecular weight excluding hydrogens is 280 g/mol. The summed E-state index contributed by atoms with van der Waals surface area (Å²) in [5, 5.41) is 0. The molecule has 1 N–H and O–H groups in total. The van der Waals surface area contributed by atoms with Gasteiger partial charge in [-0.2, -0.15) is 12.7 Å². The molecule has 0 aromatic carbocycles. The van der Waals surface area contributed by atoms with Crippen LogP contribution in [0, 0.1) is 5.92 Å². The molecule has 1 heterocycles. The Labute approximate surface area is 101 Å². The second kappa shape index (κ2) is 5.61. The lowest BCUT2D eigenvalue weighted by Gasteiger charge is -2.19. The zero-order valence-electron chi connectivity index (χ0n) is 9.24. The van der Waals surface area contributed by atoms with E-state index in [4.69, 9.17) is 0 Å². The summed E-state index contributed by atoms with van der Waals surface area (Å²) in [6, 6.07) is 0. The normalized spacial score (nSPS) is 21.1. The molecule has 0 spiro atoms. The molecule has 1 atom stereocenters. The summed E-state index contributed by atoms with van der Waals surface area (Å²) >= 11 is 3.46. The van der Waals surface area contributed by atoms with Gasteiger partial charge in [0.25, 0.3) is 10.2 Å². The minimum atomic E-state index is -3.24. The third-order valence-corrected chi connectivity index (χ3v) is 5.55. The van der Waals surface area contributed by atoms with Crippen LogP contribution in [-0.2, 0) is 10.2 Å². The summed E-state index contributed by atoms with van der Waals surface area (Å²) < 4.78 is 27.7. The highest BCUT2D eigenvalue weighted by Gasteiger charge is 2.25. The first-order chi connectivity index (χ1) is 6.93. The van der Waals surface area contributed by atoms with Crippen molar-refractivity contribution in [1.82, 2.24) is 9.03 Å². The van der Waals surface area contributed by atoms with Crippen molar-refractivity contribution in [3.63, 3.8) is 0 Å². The predicted molar refractivity (Wildman–Crippen MR) is 65.3 cm³/mol. The zero-order chi connectivity index (χ0) is 11.5. The first-order valence-electron chi connectivity index (χ1n) is 5.32. The van der Waals surface area contributed by atoms with Crippen molar-refractivity contribution in [3.05, 3.63) is 0 Å². The van der Waals surface area contributed by atoms with Crippen molar-refractivity contribution < 1.29 is 8.42 Å². The second-order valence-electron chi connectivity index (χ2n) is 4.22. The monoisotopic (exact) mass is 298 g/mol. The van der Waals surface area contributed by atoms with Crippen molar-refractivity contribution in [2.24, 2.45) is 5.92 Å². The molecule has 4 nitrogen and oxygen atoms in total. The van der Waals surface area contributed by atoms with Crippen LogP contribution in [0.1, 0.15) is 26.7 Å². The van der Waals surface area contributed by atoms with Gasteiger partial charge in [0.15, 0.2) is 0 Å². The summed E-state index contributed by atoms with van der Waals surface area (Å²) in [6.45, 7) is 5.89. The molecule has 0 aromatic heterocycles. The topological polar surface area (TPSA) is 49.4 Å². The molecule has 90 valence electrons. The Balaban J connectivity index is 2.42. The number of nitrogens with one attached hydrogen (secondary N) is 1. The quantitative estimate of drug-likeness (QED) is 0.779. The van der Waals surface area contributed by atoms with Crippen molar-refractivity contribution in [3.8, 4) is 0 Å². The van der Waals surface area contributed by atoms with Crippen molar-refractivity contribution in [2.45, 2.75) is 31.5 Å². The van der Waals surface area contributed by atoms with Gasteiger partial charge in [-0.05, 0) is 18.8 Å². The molecule has 0 bridgehead atoms. The second-order valence-corrected chi connectivity index (χ2v) is 7.15. The molecule has 0 aromatic rings. The lowest BCUT2D eigenvalue weighted by molar-refractivity contribution is 0.461. The van der Waals surface area contributed by atoms with E-state index in [1.165, 1.54) is 4.31 Å². The number of hydrogen-bond acceptors (Lipinski definition) is 2. The predicted octanol–water partition coefficient (Wildman–Crippen LogP) is 1.34. The fourth-order valence-corrected chi connectivity index (χ4v) is 3.13. The standard InChI is InChI=1S/C9H19BrN2O2S/c1-8(2)9(10)7-11-15(13,14)12-5-3-4-6-12/h8-9,11H,3-7H2,1-2H3. The summed E-state index contributed by atoms with van der Waals surface area (Å²) in [6.07, 6.45) is 1.95. The minimum absolute atomic E-state index is 0.190. The van der Waals surface area contributed by atoms with E-state index in [9.17, 15) is 8.42 Å². The maximum atomic E-state index is 11.8. The maximum Gasteiger partial charge on any atom is 0.279 e. The van der Waals surface area contributed by atoms with Gasteiger partial charge in [-0.1, -0.05) is 29.8 Å². The van der Waals surface area contributed by atoms with Gasteiger partial charge in [-0.15, -0.1) is 0 Å². The molecule has 1 rings (SSSR count). The first kappa shape index (κ1) is 13.4. The van der Waals surface area contributed by atoms with Gasteiger partial charge in [0.1, 0.15) is 0 Å². The van der Waals surface area contributed by atoms with Crippen LogP contribution in [0.3, 0.4) is 0 Å². The molecule has 0 amide bonds. The third-order valence-electron chi connectivity index (χ3n) is 2.59. The molecule has 0 aliphatic carbocycles. The van der Waals surface area contributed by atoms with E-state index in [1.54, 1.807) is 0 Å². The lowest BCUT2D eigenvalue weighted by atomic mass is 10.1. The number of rotatable bonds is 5. The summed E-state index contributed by atoms with van der Waals surface area (Å²) in [4.78, 5) is 0.190. The average molecular weight is 299 g/mol. The van der Waals surface area contributed by atoms with Gasteiger partial charge >= 0.3 is 0 Å². The van der Waals surface area contributed by atoms with Crippen molar-refractivity contribution in [2.75, 3.05) is 19.6 Å². The Morgan fingerprint density at radius 2 is 1.87 bits per heavy atom. The minimum Gasteiger partial charge on any atom is -0.201 e. The van der Waals surface area contributed by atoms with Crippen molar-refractivity contribution in [1.29, 1.82) is 0 Å². The van der Waals surface area contributed by atoms with Crippen LogP contribution in [0.4, 0.5) is 0 Å². The molecule has 1 aliphatic heterocycles. The van der Waals surface area contributed by atoms with E-state index < -0.39 is 10.2 Å². The van der Waals surface area contributed by atoms with Crippen LogP contribution in [0.5, 0.6) is 0 Å². The number of halogens is 1. The number of nitrogens with zero attached hydrogens (tertiary/aromatic N) is 1. The van der Waals surface area contributed by atoms with Crippen LogP contribution in [0.15, 0.2) is 0 Å². The van der Waals surface area contributed by atoms with E-state index in [1.807, 2.05) is 0 Å². The summed E-state index contributed by atoms with van der Waals surface area (Å²) in [5.41, 5.74) is 0. The Kier molecular flexibility index (Phi) is 5.02. The highest BCUT2D eigenvalue weighted by molar-refractivity contribution is 9.09. The van der Waals surface area contributed by atoms with Crippen LogP contribution in [-0.4, -0.2) is 37.2 Å². The molecule has 1 saturated heterocycles. The highest BCUT2D eigenvalue weighted by atomic mass is 79.9. The number of hydrogen-bond donors (Lipinski definition) is 1. The van der Waals surface area contributed by atoms with Gasteiger partial charge in [-0.25, -0.2) is 4.72 Å². The molecular formula is C9H19BrN2O2S. The molecule has 1 unspecified atom stereocenters. The Hall–Kier alpha value is 0.350. The fourth-order valence-electron chi connectivity index (χ4n) is 1.44. The SMILES string of the molecule is CC(C)C(Br)CNS(=O)(=O)N1CCCC1. The Morgan fingerprint density at radius 1 is 1.33 bits per heavy atom. The van der Waals surface area contributed by atoms with E-state index in [0.717, 1.165) is 12.8 Å². The summed E-state index contributed by atoms with van der Waals surface area (Å²) in [7, 11) is -3.24. The van der Waals surface area contributed by atoms with E-state index >= 15 is 0 Å². The van der Waals surface area contributed by atoms with E-state index in [0.29, 0.717) is 25.6 Å². The van der Waals surface area contributed by atoms with Crippen LogP contribution >= 0.6 is 15.9 Å². The zero-order valence-corrected chi connectivity index (χ0v) is 11.6. The van der Waals surface area contributed by atoms with Crippen LogP contribution in [0.2, 0.25) is 0 Å². The molecule has 15 heavy (non-hydrogen) atoms. The van der Waals surface area contributed by atoms with Gasteiger partial charge in [-0.3, -0.25) is 0 Å². The molecule has 1 fully saturated rings. The van der Waals surface area contributed by atoms with Gasteiger partial charge < -0.3 is 0 Å². The first-order valence-corrected chi connectivity index (χ1v) is 7.68. The molecule has 1 aliphatic rings. The van der Waals surface area contributed by atoms with E-state index in [2.05, 4.69) is 34.5 Å². The third kappa shape index (κ3) is 4.01. The number of alkyl halides is 1. The van der Waals surface area contributed by atoms with Crippen LogP contribution in [0.25, 0.3) is 0 Å². The highest BCUT2D eigenvalue weighted by Crippen LogP contribution is 2.14. The largest absolute Gasteiger partial charge is 0.279 e. The Bertz CT molecular complexity index is 286. The van der Waals surface area contributed by atoms with Gasteiger partial charge in [0.05, 0.1) is 0 Å². The Morgan fingerprint density at radius 3 is 2.33 bits per heavy atom. The molecule has 0 radical (unpaired) electrons. The fraction of sp³-hybridized carbons (Fsp3) is 1.00. The average Bonchev–Trinajstić information content (AvgIpc) is 2.67. The van der Waals surface area contributed by atoms with Gasteiger partial charge in [0.2, 0.25) is 0 Å². The van der Waals surface area contributed by atoms with E-state index in [-0.39, 0.29) is 4.83 Å². The molecule has 6 heteroatoms. The smallest absolute Gasteiger partial charge is 0.201 e. The molecule has 0 saturated carbocycles.